The van der Waals surface area contributed by atoms with Crippen molar-refractivity contribution in [3.8, 4) is 0 Å². The fraction of sp³-hybridized carbons (Fsp3) is 0.409. The van der Waals surface area contributed by atoms with Gasteiger partial charge in [0.05, 0.1) is 28.6 Å². The van der Waals surface area contributed by atoms with E-state index in [-0.39, 0.29) is 11.6 Å². The van der Waals surface area contributed by atoms with Crippen LogP contribution in [0.2, 0.25) is 10.0 Å². The molecule has 3 aromatic rings. The molecular formula is C22H24Cl2N5O7P. The number of nitrogens with zero attached hydrogens (tertiary/aromatic N) is 4. The quantitative estimate of drug-likeness (QED) is 0.383. The number of aliphatic hydroxyl groups excluding tert-OH is 2. The van der Waals surface area contributed by atoms with Crippen molar-refractivity contribution in [2.75, 3.05) is 12.3 Å². The van der Waals surface area contributed by atoms with Crippen molar-refractivity contribution in [2.45, 2.75) is 50.9 Å². The highest BCUT2D eigenvalue weighted by Crippen LogP contribution is 2.59. The average molecular weight is 572 g/mol. The third-order valence-electron chi connectivity index (χ3n) is 5.81. The summed E-state index contributed by atoms with van der Waals surface area (Å²) in [6, 6.07) is 4.81. The molecule has 0 aliphatic carbocycles. The molecular weight excluding hydrogens is 548 g/mol. The lowest BCUT2D eigenvalue weighted by Crippen LogP contribution is -2.34. The largest absolute Gasteiger partial charge is 0.531 e. The lowest BCUT2D eigenvalue weighted by atomic mass is 10.1. The molecule has 1 fully saturated rings. The highest BCUT2D eigenvalue weighted by Gasteiger charge is 2.47. The molecule has 0 amide bonds. The van der Waals surface area contributed by atoms with Crippen LogP contribution in [-0.2, 0) is 22.9 Å². The van der Waals surface area contributed by atoms with Crippen LogP contribution in [0.15, 0.2) is 30.6 Å². The lowest BCUT2D eigenvalue weighted by molar-refractivity contribution is -0.0541. The zero-order chi connectivity index (χ0) is 26.7. The summed E-state index contributed by atoms with van der Waals surface area (Å²) in [5, 5.41) is 22.0. The summed E-state index contributed by atoms with van der Waals surface area (Å²) in [6.07, 6.45) is -1.91. The van der Waals surface area contributed by atoms with Gasteiger partial charge in [0.25, 0.3) is 0 Å². The molecule has 0 bridgehead atoms. The number of aryl methyl sites for hydroxylation is 1. The SMILES string of the molecule is Cc1nc(N)c2ncn([C@@H]3O[C@H](COP4(=O)OC(c5ccc(Cl)c(Cl)c5)=CC(C)(C)O4)C(O)C3O)c2n1. The van der Waals surface area contributed by atoms with Crippen molar-refractivity contribution in [3.05, 3.63) is 52.0 Å². The Kier molecular flexibility index (Phi) is 6.74. The van der Waals surface area contributed by atoms with Crippen LogP contribution in [-0.4, -0.2) is 60.3 Å². The maximum Gasteiger partial charge on any atom is 0.531 e. The highest BCUT2D eigenvalue weighted by atomic mass is 35.5. The maximum absolute atomic E-state index is 13.5. The predicted molar refractivity (Wildman–Crippen MR) is 135 cm³/mol. The van der Waals surface area contributed by atoms with Crippen molar-refractivity contribution >= 4 is 53.8 Å². The van der Waals surface area contributed by atoms with Gasteiger partial charge in [-0.05, 0) is 45.0 Å². The van der Waals surface area contributed by atoms with Gasteiger partial charge in [0, 0.05) is 5.56 Å². The van der Waals surface area contributed by atoms with Gasteiger partial charge in [0.2, 0.25) is 0 Å². The summed E-state index contributed by atoms with van der Waals surface area (Å²) in [5.74, 6) is 0.798. The molecule has 4 N–H and O–H groups in total. The number of aromatic nitrogens is 4. The molecule has 12 nitrogen and oxygen atoms in total. The minimum absolute atomic E-state index is 0.173. The molecule has 2 aromatic heterocycles. The van der Waals surface area contributed by atoms with Gasteiger partial charge in [0.15, 0.2) is 17.7 Å². The van der Waals surface area contributed by atoms with Crippen LogP contribution < -0.4 is 5.73 Å². The van der Waals surface area contributed by atoms with Crippen LogP contribution in [0.4, 0.5) is 5.82 Å². The fourth-order valence-corrected chi connectivity index (χ4v) is 5.93. The van der Waals surface area contributed by atoms with Gasteiger partial charge >= 0.3 is 7.82 Å². The number of hydrogen-bond donors (Lipinski definition) is 3. The second kappa shape index (κ2) is 9.48. The first-order valence-electron chi connectivity index (χ1n) is 11.2. The van der Waals surface area contributed by atoms with Crippen LogP contribution in [0, 0.1) is 6.92 Å². The Labute approximate surface area is 221 Å². The number of nitrogen functional groups attached to an aromatic ring is 1. The zero-order valence-corrected chi connectivity index (χ0v) is 22.3. The second-order valence-electron chi connectivity index (χ2n) is 9.19. The van der Waals surface area contributed by atoms with Gasteiger partial charge in [0.1, 0.15) is 35.4 Å². The number of imidazole rings is 1. The fourth-order valence-electron chi connectivity index (χ4n) is 4.13. The number of ether oxygens (including phenoxy) is 1. The van der Waals surface area contributed by atoms with E-state index in [4.69, 9.17) is 47.2 Å². The number of phosphoric ester groups is 1. The molecule has 15 heteroatoms. The molecule has 2 aliphatic heterocycles. The minimum Gasteiger partial charge on any atom is -0.404 e. The Balaban J connectivity index is 1.34. The Morgan fingerprint density at radius 3 is 2.70 bits per heavy atom. The number of halogens is 2. The van der Waals surface area contributed by atoms with E-state index < -0.39 is 44.6 Å². The number of phosphoric acid groups is 1. The van der Waals surface area contributed by atoms with Crippen molar-refractivity contribution in [1.82, 2.24) is 19.5 Å². The number of benzene rings is 1. The van der Waals surface area contributed by atoms with Gasteiger partial charge < -0.3 is 25.2 Å². The van der Waals surface area contributed by atoms with Crippen LogP contribution in [0.25, 0.3) is 16.9 Å². The summed E-state index contributed by atoms with van der Waals surface area (Å²) < 4.78 is 37.6. The monoisotopic (exact) mass is 571 g/mol. The average Bonchev–Trinajstić information content (AvgIpc) is 3.34. The second-order valence-corrected chi connectivity index (χ2v) is 11.5. The summed E-state index contributed by atoms with van der Waals surface area (Å²) in [5.41, 5.74) is 6.06. The van der Waals surface area contributed by atoms with E-state index in [0.717, 1.165) is 0 Å². The number of hydrogen-bond acceptors (Lipinski definition) is 11. The number of rotatable bonds is 5. The molecule has 5 rings (SSSR count). The third-order valence-corrected chi connectivity index (χ3v) is 8.13. The van der Waals surface area contributed by atoms with Crippen molar-refractivity contribution in [3.63, 3.8) is 0 Å². The molecule has 0 saturated carbocycles. The third kappa shape index (κ3) is 5.08. The zero-order valence-electron chi connectivity index (χ0n) is 19.9. The van der Waals surface area contributed by atoms with Crippen LogP contribution in [0.1, 0.15) is 31.5 Å². The van der Waals surface area contributed by atoms with Crippen molar-refractivity contribution in [2.24, 2.45) is 0 Å². The van der Waals surface area contributed by atoms with E-state index in [2.05, 4.69) is 15.0 Å². The smallest absolute Gasteiger partial charge is 0.404 e. The van der Waals surface area contributed by atoms with E-state index in [0.29, 0.717) is 32.6 Å². The Bertz CT molecular complexity index is 1450. The first-order valence-corrected chi connectivity index (χ1v) is 13.4. The molecule has 37 heavy (non-hydrogen) atoms. The van der Waals surface area contributed by atoms with Gasteiger partial charge in [-0.2, -0.15) is 0 Å². The molecule has 4 heterocycles. The Morgan fingerprint density at radius 2 is 1.97 bits per heavy atom. The van der Waals surface area contributed by atoms with Gasteiger partial charge in [-0.1, -0.05) is 23.2 Å². The van der Waals surface area contributed by atoms with E-state index in [1.807, 2.05) is 0 Å². The Hall–Kier alpha value is -2.28. The summed E-state index contributed by atoms with van der Waals surface area (Å²) in [6.45, 7) is 4.61. The summed E-state index contributed by atoms with van der Waals surface area (Å²) in [7, 11) is -4.19. The molecule has 2 aliphatic rings. The van der Waals surface area contributed by atoms with Crippen molar-refractivity contribution < 1.29 is 33.1 Å². The standard InChI is InChI=1S/C22H24Cl2N5O7P/c1-10-27-19(25)16-20(28-10)29(9-26-16)21-18(31)17(30)15(34-21)8-33-37(32)35-14(7-22(2,3)36-37)11-4-5-12(23)13(24)6-11/h4-7,9,15,17-18,21,30-31H,8H2,1-3H3,(H2,25,27,28)/t15-,17?,18?,21-,37?/m1/s1. The van der Waals surface area contributed by atoms with Crippen molar-refractivity contribution in [1.29, 1.82) is 0 Å². The first-order chi connectivity index (χ1) is 17.4. The topological polar surface area (TPSA) is 164 Å². The summed E-state index contributed by atoms with van der Waals surface area (Å²) >= 11 is 12.1. The summed E-state index contributed by atoms with van der Waals surface area (Å²) in [4.78, 5) is 12.6. The first kappa shape index (κ1) is 26.3. The van der Waals surface area contributed by atoms with Gasteiger partial charge in [-0.3, -0.25) is 13.6 Å². The van der Waals surface area contributed by atoms with Crippen LogP contribution >= 0.6 is 31.0 Å². The molecule has 198 valence electrons. The number of aliphatic hydroxyl groups is 2. The Morgan fingerprint density at radius 1 is 1.22 bits per heavy atom. The lowest BCUT2D eigenvalue weighted by Gasteiger charge is -2.33. The van der Waals surface area contributed by atoms with Crippen LogP contribution in [0.3, 0.4) is 0 Å². The highest BCUT2D eigenvalue weighted by molar-refractivity contribution is 7.49. The number of fused-ring (bicyclic) bond motifs is 1. The van der Waals surface area contributed by atoms with Gasteiger partial charge in [-0.25, -0.2) is 19.5 Å². The molecule has 1 saturated heterocycles. The van der Waals surface area contributed by atoms with Crippen LogP contribution in [0.5, 0.6) is 0 Å². The van der Waals surface area contributed by atoms with E-state index in [1.165, 1.54) is 10.9 Å². The van der Waals surface area contributed by atoms with E-state index in [9.17, 15) is 14.8 Å². The molecule has 0 spiro atoms. The normalized spacial score (nSPS) is 29.3. The minimum atomic E-state index is -4.19. The molecule has 5 atom stereocenters. The van der Waals surface area contributed by atoms with Gasteiger partial charge in [-0.15, -0.1) is 0 Å². The molecule has 1 aromatic carbocycles. The van der Waals surface area contributed by atoms with E-state index >= 15 is 0 Å². The number of anilines is 1. The molecule has 3 unspecified atom stereocenters. The molecule has 0 radical (unpaired) electrons. The predicted octanol–water partition coefficient (Wildman–Crippen LogP) is 3.63. The number of nitrogens with two attached hydrogens (primary N) is 1. The maximum atomic E-state index is 13.5. The van der Waals surface area contributed by atoms with E-state index in [1.54, 1.807) is 45.0 Å².